The molecule has 1 N–H and O–H groups in total. The number of carbonyl (C=O) groups is 2. The molecule has 0 aliphatic carbocycles. The number of rotatable bonds is 9. The molecule has 1 amide bonds. The third-order valence-corrected chi connectivity index (χ3v) is 4.83. The van der Waals surface area contributed by atoms with E-state index < -0.39 is 11.9 Å². The van der Waals surface area contributed by atoms with Crippen molar-refractivity contribution < 1.29 is 28.5 Å². The van der Waals surface area contributed by atoms with Crippen LogP contribution in [0.4, 0.5) is 0 Å². The summed E-state index contributed by atoms with van der Waals surface area (Å²) in [5.41, 5.74) is 3.80. The lowest BCUT2D eigenvalue weighted by Gasteiger charge is -2.11. The zero-order valence-electron chi connectivity index (χ0n) is 18.8. The topological polar surface area (TPSA) is 95.5 Å². The summed E-state index contributed by atoms with van der Waals surface area (Å²) in [6.45, 7) is 2.18. The van der Waals surface area contributed by atoms with E-state index in [4.69, 9.17) is 30.5 Å². The smallest absolute Gasteiger partial charge is 0.343 e. The van der Waals surface area contributed by atoms with Crippen LogP contribution < -0.4 is 24.4 Å². The highest BCUT2D eigenvalue weighted by molar-refractivity contribution is 6.30. The van der Waals surface area contributed by atoms with E-state index in [1.165, 1.54) is 20.4 Å². The van der Waals surface area contributed by atoms with E-state index >= 15 is 0 Å². The number of nitrogens with zero attached hydrogens (tertiary/aromatic N) is 1. The van der Waals surface area contributed by atoms with Crippen molar-refractivity contribution in [2.75, 3.05) is 20.8 Å². The summed E-state index contributed by atoms with van der Waals surface area (Å²) in [4.78, 5) is 24.8. The van der Waals surface area contributed by atoms with Crippen LogP contribution in [0.3, 0.4) is 0 Å². The van der Waals surface area contributed by atoms with Crippen molar-refractivity contribution in [2.45, 2.75) is 6.92 Å². The molecule has 3 rings (SSSR count). The Kier molecular flexibility index (Phi) is 8.48. The first-order valence-corrected chi connectivity index (χ1v) is 10.6. The van der Waals surface area contributed by atoms with Crippen molar-refractivity contribution in [2.24, 2.45) is 5.10 Å². The monoisotopic (exact) mass is 482 g/mol. The number of benzene rings is 3. The number of halogens is 1. The molecule has 3 aromatic carbocycles. The lowest BCUT2D eigenvalue weighted by Crippen LogP contribution is -2.17. The van der Waals surface area contributed by atoms with Gasteiger partial charge in [-0.2, -0.15) is 5.10 Å². The van der Waals surface area contributed by atoms with Gasteiger partial charge >= 0.3 is 5.97 Å². The second kappa shape index (κ2) is 11.7. The van der Waals surface area contributed by atoms with Crippen molar-refractivity contribution >= 4 is 29.7 Å². The maximum Gasteiger partial charge on any atom is 0.343 e. The summed E-state index contributed by atoms with van der Waals surface area (Å²) in [5.74, 6) is 0.609. The van der Waals surface area contributed by atoms with E-state index in [1.54, 1.807) is 60.7 Å². The van der Waals surface area contributed by atoms with E-state index in [0.29, 0.717) is 45.6 Å². The van der Waals surface area contributed by atoms with Gasteiger partial charge in [0.1, 0.15) is 0 Å². The fourth-order valence-corrected chi connectivity index (χ4v) is 3.04. The average molecular weight is 483 g/mol. The predicted molar refractivity (Wildman–Crippen MR) is 129 cm³/mol. The van der Waals surface area contributed by atoms with Crippen molar-refractivity contribution in [3.05, 3.63) is 82.4 Å². The highest BCUT2D eigenvalue weighted by Gasteiger charge is 2.14. The van der Waals surface area contributed by atoms with Gasteiger partial charge in [0, 0.05) is 10.6 Å². The lowest BCUT2D eigenvalue weighted by atomic mass is 10.2. The third kappa shape index (κ3) is 6.26. The zero-order valence-corrected chi connectivity index (χ0v) is 19.6. The molecule has 0 unspecified atom stereocenters. The second-order valence-corrected chi connectivity index (χ2v) is 7.24. The normalized spacial score (nSPS) is 10.6. The molecule has 34 heavy (non-hydrogen) atoms. The first-order chi connectivity index (χ1) is 16.4. The molecule has 3 aromatic rings. The number of esters is 1. The molecule has 0 aromatic heterocycles. The van der Waals surface area contributed by atoms with Gasteiger partial charge in [-0.1, -0.05) is 11.6 Å². The number of hydrazone groups is 1. The fraction of sp³-hybridized carbons (Fsp3) is 0.160. The van der Waals surface area contributed by atoms with Crippen LogP contribution >= 0.6 is 11.6 Å². The Morgan fingerprint density at radius 2 is 1.56 bits per heavy atom. The molecule has 0 saturated carbocycles. The fourth-order valence-electron chi connectivity index (χ4n) is 2.91. The summed E-state index contributed by atoms with van der Waals surface area (Å²) in [5, 5.41) is 4.51. The van der Waals surface area contributed by atoms with Gasteiger partial charge in [0.2, 0.25) is 0 Å². The molecule has 0 radical (unpaired) electrons. The summed E-state index contributed by atoms with van der Waals surface area (Å²) in [6.07, 6.45) is 1.45. The van der Waals surface area contributed by atoms with Gasteiger partial charge in [0.15, 0.2) is 23.0 Å². The molecule has 9 heteroatoms. The zero-order chi connectivity index (χ0) is 24.5. The van der Waals surface area contributed by atoms with E-state index in [0.717, 1.165) is 0 Å². The molecule has 0 aliphatic rings. The van der Waals surface area contributed by atoms with Crippen LogP contribution in [0.15, 0.2) is 65.8 Å². The molecule has 8 nitrogen and oxygen atoms in total. The van der Waals surface area contributed by atoms with E-state index in [9.17, 15) is 9.59 Å². The van der Waals surface area contributed by atoms with Crippen LogP contribution in [0.1, 0.15) is 33.2 Å². The van der Waals surface area contributed by atoms with Gasteiger partial charge in [-0.05, 0) is 73.2 Å². The number of nitrogens with one attached hydrogen (secondary N) is 1. The molecule has 0 bridgehead atoms. The van der Waals surface area contributed by atoms with Crippen molar-refractivity contribution in [3.63, 3.8) is 0 Å². The van der Waals surface area contributed by atoms with Gasteiger partial charge in [-0.15, -0.1) is 0 Å². The molecule has 0 aliphatic heterocycles. The van der Waals surface area contributed by atoms with Crippen LogP contribution in [0.25, 0.3) is 0 Å². The Morgan fingerprint density at radius 1 is 0.882 bits per heavy atom. The van der Waals surface area contributed by atoms with Crippen LogP contribution in [-0.4, -0.2) is 38.9 Å². The Hall–Kier alpha value is -4.04. The van der Waals surface area contributed by atoms with Gasteiger partial charge in [0.25, 0.3) is 5.91 Å². The molecular weight excluding hydrogens is 460 g/mol. The summed E-state index contributed by atoms with van der Waals surface area (Å²) < 4.78 is 21.5. The minimum atomic E-state index is -0.541. The van der Waals surface area contributed by atoms with Crippen LogP contribution in [0.2, 0.25) is 5.02 Å². The van der Waals surface area contributed by atoms with Crippen molar-refractivity contribution in [1.29, 1.82) is 0 Å². The highest BCUT2D eigenvalue weighted by atomic mass is 35.5. The Balaban J connectivity index is 1.70. The van der Waals surface area contributed by atoms with Crippen molar-refractivity contribution in [3.8, 4) is 23.0 Å². The van der Waals surface area contributed by atoms with Gasteiger partial charge < -0.3 is 18.9 Å². The van der Waals surface area contributed by atoms with Crippen molar-refractivity contribution in [1.82, 2.24) is 5.43 Å². The van der Waals surface area contributed by atoms with Gasteiger partial charge in [0.05, 0.1) is 32.6 Å². The number of hydrogen-bond acceptors (Lipinski definition) is 7. The predicted octanol–water partition coefficient (Wildman–Crippen LogP) is 4.74. The SMILES string of the molecule is CCOc1cc(C=NNC(=O)c2ccc(OC)c(OC)c2)ccc1OC(=O)c1ccc(Cl)cc1. The molecule has 0 fully saturated rings. The quantitative estimate of drug-likeness (QED) is 0.205. The lowest BCUT2D eigenvalue weighted by molar-refractivity contribution is 0.0728. The van der Waals surface area contributed by atoms with E-state index in [-0.39, 0.29) is 5.75 Å². The van der Waals surface area contributed by atoms with Gasteiger partial charge in [-0.25, -0.2) is 10.2 Å². The highest BCUT2D eigenvalue weighted by Crippen LogP contribution is 2.29. The summed E-state index contributed by atoms with van der Waals surface area (Å²) >= 11 is 5.86. The summed E-state index contributed by atoms with van der Waals surface area (Å²) in [7, 11) is 3.01. The average Bonchev–Trinajstić information content (AvgIpc) is 2.85. The standard InChI is InChI=1S/C25H23ClN2O6/c1-4-33-23-13-16(5-11-21(23)34-25(30)17-6-9-19(26)10-7-17)15-27-28-24(29)18-8-12-20(31-2)22(14-18)32-3/h5-15H,4H2,1-3H3,(H,28,29). The Morgan fingerprint density at radius 3 is 2.24 bits per heavy atom. The number of methoxy groups -OCH3 is 2. The largest absolute Gasteiger partial charge is 0.493 e. The second-order valence-electron chi connectivity index (χ2n) is 6.80. The summed E-state index contributed by atoms with van der Waals surface area (Å²) in [6, 6.07) is 16.1. The van der Waals surface area contributed by atoms with Crippen LogP contribution in [0.5, 0.6) is 23.0 Å². The first-order valence-electron chi connectivity index (χ1n) is 10.2. The molecule has 0 saturated heterocycles. The molecular formula is C25H23ClN2O6. The molecule has 0 atom stereocenters. The number of ether oxygens (including phenoxy) is 4. The third-order valence-electron chi connectivity index (χ3n) is 4.58. The van der Waals surface area contributed by atoms with Gasteiger partial charge in [-0.3, -0.25) is 4.79 Å². The maximum atomic E-state index is 12.4. The first kappa shape index (κ1) is 24.6. The number of amides is 1. The number of carbonyl (C=O) groups excluding carboxylic acids is 2. The van der Waals surface area contributed by atoms with E-state index in [1.807, 2.05) is 6.92 Å². The van der Waals surface area contributed by atoms with Crippen LogP contribution in [-0.2, 0) is 0 Å². The molecule has 0 spiro atoms. The minimum absolute atomic E-state index is 0.258. The van der Waals surface area contributed by atoms with Crippen LogP contribution in [0, 0.1) is 0 Å². The number of hydrogen-bond donors (Lipinski definition) is 1. The minimum Gasteiger partial charge on any atom is -0.493 e. The van der Waals surface area contributed by atoms with E-state index in [2.05, 4.69) is 10.5 Å². The molecule has 0 heterocycles. The molecule has 176 valence electrons. The Bertz CT molecular complexity index is 1190. The maximum absolute atomic E-state index is 12.4. The Labute approximate surface area is 202 Å².